The number of thiocarbonyl (C=S) groups is 1. The van der Waals surface area contributed by atoms with Crippen LogP contribution in [0.2, 0.25) is 0 Å². The molecule has 0 radical (unpaired) electrons. The molecule has 0 fully saturated rings. The number of hydrogen-bond acceptors (Lipinski definition) is 3. The van der Waals surface area contributed by atoms with Crippen molar-refractivity contribution < 1.29 is 0 Å². The zero-order valence-electron chi connectivity index (χ0n) is 6.67. The average Bonchev–Trinajstić information content (AvgIpc) is 2.53. The lowest BCUT2D eigenvalue weighted by atomic mass is 10.6. The van der Waals surface area contributed by atoms with Crippen LogP contribution in [0.1, 0.15) is 0 Å². The lowest BCUT2D eigenvalue weighted by Crippen LogP contribution is -2.37. The maximum atomic E-state index is 4.99. The Morgan fingerprint density at radius 2 is 2.67 bits per heavy atom. The first-order valence-corrected chi connectivity index (χ1v) is 5.05. The highest BCUT2D eigenvalue weighted by Gasteiger charge is 2.07. The Kier molecular flexibility index (Phi) is 4.10. The van der Waals surface area contributed by atoms with Gasteiger partial charge in [0.05, 0.1) is 6.54 Å². The Balaban J connectivity index is 2.21. The molecule has 5 heteroatoms. The van der Waals surface area contributed by atoms with Crippen LogP contribution in [0, 0.1) is 0 Å². The van der Waals surface area contributed by atoms with E-state index in [1.807, 2.05) is 0 Å². The summed E-state index contributed by atoms with van der Waals surface area (Å²) in [5.74, 6) is 1.05. The van der Waals surface area contributed by atoms with E-state index in [9.17, 15) is 0 Å². The number of aliphatic imine (C=N–C) groups is 1. The van der Waals surface area contributed by atoms with Gasteiger partial charge in [-0.15, -0.1) is 6.58 Å². The molecular weight excluding hydrogens is 190 g/mol. The summed E-state index contributed by atoms with van der Waals surface area (Å²) in [6, 6.07) is 0. The average molecular weight is 201 g/mol. The Morgan fingerprint density at radius 3 is 3.25 bits per heavy atom. The summed E-state index contributed by atoms with van der Waals surface area (Å²) in [7, 11) is 0. The Bertz CT molecular complexity index is 213. The van der Waals surface area contributed by atoms with Crippen LogP contribution >= 0.6 is 24.0 Å². The van der Waals surface area contributed by atoms with Gasteiger partial charge in [-0.05, 0) is 12.2 Å². The minimum absolute atomic E-state index is 0.614. The molecule has 0 aromatic rings. The zero-order valence-corrected chi connectivity index (χ0v) is 8.30. The predicted octanol–water partition coefficient (Wildman–Crippen LogP) is 0.739. The molecule has 0 atom stereocenters. The van der Waals surface area contributed by atoms with E-state index in [0.29, 0.717) is 11.7 Å². The van der Waals surface area contributed by atoms with Crippen molar-refractivity contribution in [2.24, 2.45) is 4.99 Å². The lowest BCUT2D eigenvalue weighted by molar-refractivity contribution is 1.03. The van der Waals surface area contributed by atoms with Crippen LogP contribution in [0.15, 0.2) is 17.6 Å². The number of hydrogen-bond donors (Lipinski definition) is 2. The van der Waals surface area contributed by atoms with Crippen LogP contribution in [0.25, 0.3) is 0 Å². The second kappa shape index (κ2) is 5.16. The molecule has 1 heterocycles. The third-order valence-corrected chi connectivity index (χ3v) is 2.35. The van der Waals surface area contributed by atoms with Crippen LogP contribution < -0.4 is 10.6 Å². The van der Waals surface area contributed by atoms with E-state index in [4.69, 9.17) is 12.2 Å². The molecule has 66 valence electrons. The summed E-state index contributed by atoms with van der Waals surface area (Å²) in [5, 5.41) is 7.49. The first kappa shape index (κ1) is 9.54. The zero-order chi connectivity index (χ0) is 8.81. The summed E-state index contributed by atoms with van der Waals surface area (Å²) in [6.07, 6.45) is 1.76. The van der Waals surface area contributed by atoms with Crippen molar-refractivity contribution in [3.63, 3.8) is 0 Å². The Morgan fingerprint density at radius 1 is 1.83 bits per heavy atom. The van der Waals surface area contributed by atoms with E-state index in [1.54, 1.807) is 17.8 Å². The van der Waals surface area contributed by atoms with Crippen molar-refractivity contribution in [1.82, 2.24) is 10.6 Å². The smallest absolute Gasteiger partial charge is 0.172 e. The third-order valence-electron chi connectivity index (χ3n) is 1.21. The van der Waals surface area contributed by atoms with Gasteiger partial charge in [-0.25, -0.2) is 0 Å². The maximum Gasteiger partial charge on any atom is 0.172 e. The van der Waals surface area contributed by atoms with E-state index >= 15 is 0 Å². The minimum atomic E-state index is 0.614. The number of rotatable bonds is 2. The molecule has 3 nitrogen and oxygen atoms in total. The molecular formula is C7H11N3S2. The summed E-state index contributed by atoms with van der Waals surface area (Å²) in [4.78, 5) is 4.20. The van der Waals surface area contributed by atoms with Crippen LogP contribution in [0.3, 0.4) is 0 Å². The van der Waals surface area contributed by atoms with Crippen molar-refractivity contribution in [3.05, 3.63) is 12.7 Å². The number of amidine groups is 1. The topological polar surface area (TPSA) is 36.4 Å². The van der Waals surface area contributed by atoms with E-state index < -0.39 is 0 Å². The molecule has 0 spiro atoms. The second-order valence-corrected chi connectivity index (χ2v) is 3.65. The summed E-state index contributed by atoms with van der Waals surface area (Å²) < 4.78 is 0. The van der Waals surface area contributed by atoms with Crippen LogP contribution in [0.5, 0.6) is 0 Å². The Labute approximate surface area is 81.7 Å². The monoisotopic (exact) mass is 201 g/mol. The molecule has 0 unspecified atom stereocenters. The summed E-state index contributed by atoms with van der Waals surface area (Å²) in [6.45, 7) is 5.15. The molecule has 0 bridgehead atoms. The van der Waals surface area contributed by atoms with Crippen LogP contribution in [0.4, 0.5) is 0 Å². The molecule has 1 aliphatic heterocycles. The van der Waals surface area contributed by atoms with E-state index in [2.05, 4.69) is 22.2 Å². The fraction of sp³-hybridized carbons (Fsp3) is 0.429. The van der Waals surface area contributed by atoms with Gasteiger partial charge in [0, 0.05) is 12.3 Å². The van der Waals surface area contributed by atoms with Crippen LogP contribution in [-0.2, 0) is 0 Å². The standard InChI is InChI=1S/C7H11N3S2/c1-2-3-8-6(11)10-7-9-4-5-12-7/h2H,1,3-5H2,(H2,8,9,10,11). The lowest BCUT2D eigenvalue weighted by Gasteiger charge is -2.06. The van der Waals surface area contributed by atoms with Gasteiger partial charge in [-0.1, -0.05) is 17.8 Å². The fourth-order valence-corrected chi connectivity index (χ4v) is 1.69. The molecule has 0 aromatic carbocycles. The van der Waals surface area contributed by atoms with Crippen molar-refractivity contribution >= 4 is 34.3 Å². The van der Waals surface area contributed by atoms with Gasteiger partial charge in [-0.2, -0.15) is 0 Å². The van der Waals surface area contributed by atoms with Gasteiger partial charge >= 0.3 is 0 Å². The third kappa shape index (κ3) is 3.23. The number of thioether (sulfide) groups is 1. The number of nitrogens with zero attached hydrogens (tertiary/aromatic N) is 1. The van der Waals surface area contributed by atoms with E-state index in [1.165, 1.54) is 0 Å². The van der Waals surface area contributed by atoms with Crippen molar-refractivity contribution in [2.45, 2.75) is 0 Å². The molecule has 1 rings (SSSR count). The quantitative estimate of drug-likeness (QED) is 0.510. The number of nitrogens with one attached hydrogen (secondary N) is 2. The molecule has 12 heavy (non-hydrogen) atoms. The van der Waals surface area contributed by atoms with Gasteiger partial charge in [0.2, 0.25) is 0 Å². The molecule has 1 aliphatic rings. The molecule has 0 saturated carbocycles. The van der Waals surface area contributed by atoms with Crippen molar-refractivity contribution in [3.8, 4) is 0 Å². The largest absolute Gasteiger partial charge is 0.359 e. The van der Waals surface area contributed by atoms with Gasteiger partial charge < -0.3 is 10.6 Å². The highest BCUT2D eigenvalue weighted by atomic mass is 32.2. The highest BCUT2D eigenvalue weighted by molar-refractivity contribution is 8.14. The van der Waals surface area contributed by atoms with Gasteiger partial charge in [0.1, 0.15) is 0 Å². The van der Waals surface area contributed by atoms with Crippen molar-refractivity contribution in [1.29, 1.82) is 0 Å². The van der Waals surface area contributed by atoms with Gasteiger partial charge in [0.15, 0.2) is 10.3 Å². The fourth-order valence-electron chi connectivity index (χ4n) is 0.717. The maximum absolute atomic E-state index is 4.99. The van der Waals surface area contributed by atoms with E-state index in [0.717, 1.165) is 17.5 Å². The van der Waals surface area contributed by atoms with Gasteiger partial charge in [0.25, 0.3) is 0 Å². The SMILES string of the molecule is C=CCNC(=S)NC1=NCCS1. The Hall–Kier alpha value is -0.550. The van der Waals surface area contributed by atoms with Gasteiger partial charge in [-0.3, -0.25) is 4.99 Å². The normalized spacial score (nSPS) is 15.2. The second-order valence-electron chi connectivity index (χ2n) is 2.16. The summed E-state index contributed by atoms with van der Waals surface area (Å²) >= 11 is 6.68. The molecule has 2 N–H and O–H groups in total. The molecule has 0 aliphatic carbocycles. The van der Waals surface area contributed by atoms with Crippen LogP contribution in [-0.4, -0.2) is 29.1 Å². The first-order valence-electron chi connectivity index (χ1n) is 3.66. The molecule has 0 saturated heterocycles. The van der Waals surface area contributed by atoms with E-state index in [-0.39, 0.29) is 0 Å². The predicted molar refractivity (Wildman–Crippen MR) is 58.7 cm³/mol. The van der Waals surface area contributed by atoms with Crippen molar-refractivity contribution in [2.75, 3.05) is 18.8 Å². The highest BCUT2D eigenvalue weighted by Crippen LogP contribution is 2.08. The summed E-state index contributed by atoms with van der Waals surface area (Å²) in [5.41, 5.74) is 0. The molecule has 0 amide bonds. The molecule has 0 aromatic heterocycles. The minimum Gasteiger partial charge on any atom is -0.359 e. The first-order chi connectivity index (χ1) is 5.83.